The molecule has 1 aliphatic heterocycles. The Hall–Kier alpha value is -2.82. The van der Waals surface area contributed by atoms with Crippen molar-refractivity contribution in [1.29, 1.82) is 0 Å². The highest BCUT2D eigenvalue weighted by molar-refractivity contribution is 5.85. The topological polar surface area (TPSA) is 51.3 Å². The summed E-state index contributed by atoms with van der Waals surface area (Å²) >= 11 is 0. The Bertz CT molecular complexity index is 918. The SMILES string of the molecule is CC.O=c1cc(-c2ccccc2F)[nH]c2cc3c(cc12)OCO3. The molecule has 0 amide bonds. The summed E-state index contributed by atoms with van der Waals surface area (Å²) in [6.07, 6.45) is 0. The van der Waals surface area contributed by atoms with Gasteiger partial charge < -0.3 is 14.5 Å². The Morgan fingerprint density at radius 3 is 2.48 bits per heavy atom. The monoisotopic (exact) mass is 313 g/mol. The maximum Gasteiger partial charge on any atom is 0.231 e. The van der Waals surface area contributed by atoms with Crippen LogP contribution in [0.3, 0.4) is 0 Å². The van der Waals surface area contributed by atoms with Crippen LogP contribution in [0, 0.1) is 5.82 Å². The third kappa shape index (κ3) is 2.65. The molecule has 1 aromatic heterocycles. The molecule has 1 aliphatic rings. The van der Waals surface area contributed by atoms with Crippen molar-refractivity contribution in [2.75, 3.05) is 6.79 Å². The summed E-state index contributed by atoms with van der Waals surface area (Å²) in [6, 6.07) is 11.0. The molecule has 0 aliphatic carbocycles. The molecule has 0 saturated heterocycles. The van der Waals surface area contributed by atoms with E-state index in [0.717, 1.165) is 0 Å². The Labute approximate surface area is 132 Å². The summed E-state index contributed by atoms with van der Waals surface area (Å²) in [5.74, 6) is 0.740. The number of nitrogens with one attached hydrogen (secondary N) is 1. The van der Waals surface area contributed by atoms with Gasteiger partial charge in [0.25, 0.3) is 0 Å². The van der Waals surface area contributed by atoms with Gasteiger partial charge in [0, 0.05) is 23.1 Å². The van der Waals surface area contributed by atoms with Crippen LogP contribution in [0.2, 0.25) is 0 Å². The van der Waals surface area contributed by atoms with Crippen molar-refractivity contribution >= 4 is 10.9 Å². The summed E-state index contributed by atoms with van der Waals surface area (Å²) in [6.45, 7) is 4.14. The fourth-order valence-corrected chi connectivity index (χ4v) is 2.46. The van der Waals surface area contributed by atoms with E-state index in [0.29, 0.717) is 33.7 Å². The second-order valence-electron chi connectivity index (χ2n) is 4.78. The third-order valence-corrected chi connectivity index (χ3v) is 3.49. The highest BCUT2D eigenvalue weighted by Crippen LogP contribution is 2.35. The van der Waals surface area contributed by atoms with Gasteiger partial charge in [0.15, 0.2) is 16.9 Å². The van der Waals surface area contributed by atoms with Crippen LogP contribution in [0.5, 0.6) is 11.5 Å². The number of benzene rings is 2. The van der Waals surface area contributed by atoms with E-state index in [-0.39, 0.29) is 18.0 Å². The first kappa shape index (κ1) is 15.1. The molecule has 4 nitrogen and oxygen atoms in total. The number of aromatic amines is 1. The molecule has 1 N–H and O–H groups in total. The quantitative estimate of drug-likeness (QED) is 0.736. The molecular weight excluding hydrogens is 297 g/mol. The third-order valence-electron chi connectivity index (χ3n) is 3.49. The molecule has 0 fully saturated rings. The second-order valence-corrected chi connectivity index (χ2v) is 4.78. The van der Waals surface area contributed by atoms with E-state index in [4.69, 9.17) is 9.47 Å². The molecule has 118 valence electrons. The molecule has 3 aromatic rings. The highest BCUT2D eigenvalue weighted by atomic mass is 19.1. The van der Waals surface area contributed by atoms with Gasteiger partial charge in [-0.25, -0.2) is 4.39 Å². The molecule has 0 atom stereocenters. The normalized spacial score (nSPS) is 12.0. The Kier molecular flexibility index (Phi) is 4.02. The fourth-order valence-electron chi connectivity index (χ4n) is 2.46. The van der Waals surface area contributed by atoms with Gasteiger partial charge in [0.05, 0.1) is 11.2 Å². The number of ether oxygens (including phenoxy) is 2. The smallest absolute Gasteiger partial charge is 0.231 e. The van der Waals surface area contributed by atoms with Crippen LogP contribution in [0.15, 0.2) is 47.3 Å². The average molecular weight is 313 g/mol. The van der Waals surface area contributed by atoms with Crippen molar-refractivity contribution in [3.63, 3.8) is 0 Å². The number of pyridine rings is 1. The minimum Gasteiger partial charge on any atom is -0.454 e. The van der Waals surface area contributed by atoms with Crippen LogP contribution in [0.25, 0.3) is 22.2 Å². The first-order valence-electron chi connectivity index (χ1n) is 7.44. The predicted molar refractivity (Wildman–Crippen MR) is 87.4 cm³/mol. The van der Waals surface area contributed by atoms with Gasteiger partial charge >= 0.3 is 0 Å². The summed E-state index contributed by atoms with van der Waals surface area (Å²) in [5.41, 5.74) is 1.18. The van der Waals surface area contributed by atoms with Gasteiger partial charge in [-0.1, -0.05) is 26.0 Å². The van der Waals surface area contributed by atoms with E-state index in [2.05, 4.69) is 4.98 Å². The molecular formula is C18H16FNO3. The van der Waals surface area contributed by atoms with Crippen LogP contribution in [-0.4, -0.2) is 11.8 Å². The molecule has 0 unspecified atom stereocenters. The molecule has 0 spiro atoms. The van der Waals surface area contributed by atoms with E-state index in [1.807, 2.05) is 13.8 Å². The van der Waals surface area contributed by atoms with Crippen LogP contribution >= 0.6 is 0 Å². The lowest BCUT2D eigenvalue weighted by Crippen LogP contribution is -2.03. The number of fused-ring (bicyclic) bond motifs is 2. The van der Waals surface area contributed by atoms with Gasteiger partial charge in [-0.2, -0.15) is 0 Å². The van der Waals surface area contributed by atoms with Crippen LogP contribution in [0.4, 0.5) is 4.39 Å². The molecule has 5 heteroatoms. The zero-order chi connectivity index (χ0) is 16.4. The molecule has 2 aromatic carbocycles. The van der Waals surface area contributed by atoms with Crippen molar-refractivity contribution in [2.45, 2.75) is 13.8 Å². The van der Waals surface area contributed by atoms with Crippen molar-refractivity contribution in [2.24, 2.45) is 0 Å². The minimum absolute atomic E-state index is 0.139. The zero-order valence-corrected chi connectivity index (χ0v) is 12.9. The van der Waals surface area contributed by atoms with Gasteiger partial charge in [-0.05, 0) is 18.2 Å². The zero-order valence-electron chi connectivity index (χ0n) is 12.9. The van der Waals surface area contributed by atoms with Gasteiger partial charge in [0.1, 0.15) is 5.82 Å². The van der Waals surface area contributed by atoms with Gasteiger partial charge in [0.2, 0.25) is 6.79 Å². The van der Waals surface area contributed by atoms with Crippen LogP contribution in [0.1, 0.15) is 13.8 Å². The first-order valence-corrected chi connectivity index (χ1v) is 7.44. The molecule has 23 heavy (non-hydrogen) atoms. The fraction of sp³-hybridized carbons (Fsp3) is 0.167. The van der Waals surface area contributed by atoms with E-state index < -0.39 is 0 Å². The summed E-state index contributed by atoms with van der Waals surface area (Å²) in [5, 5.41) is 0.485. The minimum atomic E-state index is -0.381. The summed E-state index contributed by atoms with van der Waals surface area (Å²) in [7, 11) is 0. The summed E-state index contributed by atoms with van der Waals surface area (Å²) < 4.78 is 24.4. The Balaban J connectivity index is 0.000000753. The first-order chi connectivity index (χ1) is 11.2. The summed E-state index contributed by atoms with van der Waals surface area (Å²) in [4.78, 5) is 15.3. The standard InChI is InChI=1S/C16H10FNO3.C2H6/c17-11-4-2-1-3-9(11)12-6-14(19)10-5-15-16(21-8-20-15)7-13(10)18-12;1-2/h1-7H,8H2,(H,18,19);1-2H3. The number of rotatable bonds is 1. The lowest BCUT2D eigenvalue weighted by atomic mass is 10.1. The number of H-pyrrole nitrogens is 1. The number of hydrogen-bond acceptors (Lipinski definition) is 3. The lowest BCUT2D eigenvalue weighted by molar-refractivity contribution is 0.174. The average Bonchev–Trinajstić information content (AvgIpc) is 3.03. The Morgan fingerprint density at radius 2 is 1.74 bits per heavy atom. The highest BCUT2D eigenvalue weighted by Gasteiger charge is 2.16. The predicted octanol–water partition coefficient (Wildman–Crippen LogP) is 4.09. The van der Waals surface area contributed by atoms with E-state index in [9.17, 15) is 9.18 Å². The van der Waals surface area contributed by atoms with E-state index >= 15 is 0 Å². The second kappa shape index (κ2) is 6.12. The molecule has 0 radical (unpaired) electrons. The molecule has 0 saturated carbocycles. The van der Waals surface area contributed by atoms with Crippen molar-refractivity contribution in [3.8, 4) is 22.8 Å². The van der Waals surface area contributed by atoms with Gasteiger partial charge in [-0.3, -0.25) is 4.79 Å². The van der Waals surface area contributed by atoms with Crippen LogP contribution < -0.4 is 14.9 Å². The molecule has 2 heterocycles. The largest absolute Gasteiger partial charge is 0.454 e. The molecule has 0 bridgehead atoms. The molecule has 4 rings (SSSR count). The van der Waals surface area contributed by atoms with Crippen molar-refractivity contribution in [1.82, 2.24) is 4.98 Å². The lowest BCUT2D eigenvalue weighted by Gasteiger charge is -2.06. The van der Waals surface area contributed by atoms with Crippen LogP contribution in [-0.2, 0) is 0 Å². The maximum atomic E-state index is 13.9. The van der Waals surface area contributed by atoms with E-state index in [1.54, 1.807) is 30.3 Å². The number of aromatic nitrogens is 1. The van der Waals surface area contributed by atoms with Crippen molar-refractivity contribution in [3.05, 3.63) is 58.5 Å². The number of halogens is 1. The maximum absolute atomic E-state index is 13.9. The van der Waals surface area contributed by atoms with Gasteiger partial charge in [-0.15, -0.1) is 0 Å². The van der Waals surface area contributed by atoms with E-state index in [1.165, 1.54) is 12.1 Å². The number of hydrogen-bond donors (Lipinski definition) is 1. The Morgan fingerprint density at radius 1 is 1.04 bits per heavy atom. The van der Waals surface area contributed by atoms with Crippen molar-refractivity contribution < 1.29 is 13.9 Å².